The van der Waals surface area contributed by atoms with Crippen molar-refractivity contribution in [2.24, 2.45) is 0 Å². The smallest absolute Gasteiger partial charge is 0.0438 e. The van der Waals surface area contributed by atoms with Gasteiger partial charge >= 0.3 is 0 Å². The Bertz CT molecular complexity index is 561. The molecule has 0 radical (unpaired) electrons. The van der Waals surface area contributed by atoms with Gasteiger partial charge in [0.2, 0.25) is 0 Å². The predicted molar refractivity (Wildman–Crippen MR) is 89.8 cm³/mol. The van der Waals surface area contributed by atoms with Crippen molar-refractivity contribution in [1.82, 2.24) is 4.90 Å². The molecule has 1 nitrogen and oxygen atoms in total. The molecule has 0 aromatic heterocycles. The first kappa shape index (κ1) is 14.6. The average Bonchev–Trinajstić information content (AvgIpc) is 2.56. The number of benzene rings is 2. The molecule has 0 bridgehead atoms. The lowest BCUT2D eigenvalue weighted by Crippen LogP contribution is -2.34. The molecule has 0 amide bonds. The van der Waals surface area contributed by atoms with E-state index in [1.54, 1.807) is 0 Å². The van der Waals surface area contributed by atoms with E-state index in [0.29, 0.717) is 6.04 Å². The maximum absolute atomic E-state index is 6.38. The van der Waals surface area contributed by atoms with Crippen molar-refractivity contribution in [3.05, 3.63) is 70.7 Å². The molecule has 1 aliphatic rings. The Balaban J connectivity index is 1.87. The molecule has 1 atom stereocenters. The average molecular weight is 300 g/mol. The quantitative estimate of drug-likeness (QED) is 0.758. The summed E-state index contributed by atoms with van der Waals surface area (Å²) in [6, 6.07) is 19.5. The first-order valence-corrected chi connectivity index (χ1v) is 8.25. The topological polar surface area (TPSA) is 3.24 Å². The van der Waals surface area contributed by atoms with Crippen LogP contribution in [0.2, 0.25) is 5.02 Å². The highest BCUT2D eigenvalue weighted by Gasteiger charge is 2.23. The largest absolute Gasteiger partial charge is 0.296 e. The van der Waals surface area contributed by atoms with Crippen LogP contribution in [0.3, 0.4) is 0 Å². The lowest BCUT2D eigenvalue weighted by Gasteiger charge is -2.35. The normalized spacial score (nSPS) is 17.6. The van der Waals surface area contributed by atoms with Crippen LogP contribution in [0, 0.1) is 0 Å². The van der Waals surface area contributed by atoms with Crippen molar-refractivity contribution in [2.45, 2.75) is 31.7 Å². The first-order valence-electron chi connectivity index (χ1n) is 7.87. The summed E-state index contributed by atoms with van der Waals surface area (Å²) in [5, 5.41) is 0.885. The van der Waals surface area contributed by atoms with Crippen LogP contribution < -0.4 is 0 Å². The van der Waals surface area contributed by atoms with Crippen molar-refractivity contribution in [3.8, 4) is 0 Å². The van der Waals surface area contributed by atoms with Crippen molar-refractivity contribution < 1.29 is 0 Å². The van der Waals surface area contributed by atoms with E-state index in [9.17, 15) is 0 Å². The molecule has 110 valence electrons. The summed E-state index contributed by atoms with van der Waals surface area (Å²) in [4.78, 5) is 2.63. The number of likely N-dealkylation sites (tertiary alicyclic amines) is 1. The number of nitrogens with zero attached hydrogens (tertiary/aromatic N) is 1. The third-order valence-corrected chi connectivity index (χ3v) is 4.76. The fraction of sp³-hybridized carbons (Fsp3) is 0.368. The van der Waals surface area contributed by atoms with Crippen LogP contribution in [0.1, 0.15) is 36.4 Å². The van der Waals surface area contributed by atoms with Gasteiger partial charge in [-0.25, -0.2) is 0 Å². The molecule has 0 saturated carbocycles. The molecule has 2 heteroatoms. The molecule has 0 N–H and O–H groups in total. The summed E-state index contributed by atoms with van der Waals surface area (Å²) in [5.41, 5.74) is 2.65. The third kappa shape index (κ3) is 3.66. The zero-order valence-corrected chi connectivity index (χ0v) is 13.1. The summed E-state index contributed by atoms with van der Waals surface area (Å²) in [6.07, 6.45) is 4.98. The summed E-state index contributed by atoms with van der Waals surface area (Å²) < 4.78 is 0. The molecule has 21 heavy (non-hydrogen) atoms. The minimum Gasteiger partial charge on any atom is -0.296 e. The van der Waals surface area contributed by atoms with Gasteiger partial charge in [-0.05, 0) is 49.5 Å². The Hall–Kier alpha value is -1.31. The van der Waals surface area contributed by atoms with Gasteiger partial charge in [-0.3, -0.25) is 4.90 Å². The number of hydrogen-bond acceptors (Lipinski definition) is 1. The van der Waals surface area contributed by atoms with Crippen LogP contribution in [-0.2, 0) is 6.42 Å². The van der Waals surface area contributed by atoms with Crippen LogP contribution in [-0.4, -0.2) is 18.0 Å². The summed E-state index contributed by atoms with van der Waals surface area (Å²) in [6.45, 7) is 2.40. The van der Waals surface area contributed by atoms with E-state index in [1.165, 1.54) is 43.5 Å². The molecule has 3 rings (SSSR count). The van der Waals surface area contributed by atoms with Crippen molar-refractivity contribution in [3.63, 3.8) is 0 Å². The second kappa shape index (κ2) is 7.11. The minimum absolute atomic E-state index is 0.436. The molecule has 0 aliphatic carbocycles. The zero-order valence-electron chi connectivity index (χ0n) is 12.3. The number of halogens is 1. The number of hydrogen-bond donors (Lipinski definition) is 0. The number of rotatable bonds is 4. The molecule has 1 heterocycles. The van der Waals surface area contributed by atoms with Crippen molar-refractivity contribution >= 4 is 11.6 Å². The third-order valence-electron chi connectivity index (χ3n) is 4.39. The molecule has 1 aliphatic heterocycles. The molecule has 0 spiro atoms. The fourth-order valence-corrected chi connectivity index (χ4v) is 3.45. The van der Waals surface area contributed by atoms with E-state index >= 15 is 0 Å². The zero-order chi connectivity index (χ0) is 14.5. The Kier molecular flexibility index (Phi) is 4.95. The van der Waals surface area contributed by atoms with Gasteiger partial charge in [0, 0.05) is 11.1 Å². The standard InChI is InChI=1S/C19H22ClN/c20-18-12-6-5-11-17(18)15-19(16-9-3-1-4-10-16)21-13-7-2-8-14-21/h1,3-6,9-12,19H,2,7-8,13-15H2. The van der Waals surface area contributed by atoms with Gasteiger partial charge in [0.15, 0.2) is 0 Å². The predicted octanol–water partition coefficient (Wildman–Crippen LogP) is 5.11. The van der Waals surface area contributed by atoms with Gasteiger partial charge in [0.05, 0.1) is 0 Å². The second-order valence-corrected chi connectivity index (χ2v) is 6.23. The molecule has 2 aromatic carbocycles. The highest BCUT2D eigenvalue weighted by molar-refractivity contribution is 6.31. The van der Waals surface area contributed by atoms with Crippen LogP contribution in [0.15, 0.2) is 54.6 Å². The summed E-state index contributed by atoms with van der Waals surface area (Å²) in [5.74, 6) is 0. The van der Waals surface area contributed by atoms with Crippen LogP contribution in [0.4, 0.5) is 0 Å². The van der Waals surface area contributed by atoms with E-state index in [-0.39, 0.29) is 0 Å². The lowest BCUT2D eigenvalue weighted by atomic mass is 9.95. The molecule has 2 aromatic rings. The van der Waals surface area contributed by atoms with Crippen molar-refractivity contribution in [1.29, 1.82) is 0 Å². The van der Waals surface area contributed by atoms with Crippen LogP contribution >= 0.6 is 11.6 Å². The SMILES string of the molecule is Clc1ccccc1CC(c1ccccc1)N1CCCCC1. The number of piperidine rings is 1. The molecule has 1 fully saturated rings. The molecular formula is C19H22ClN. The van der Waals surface area contributed by atoms with Gasteiger partial charge in [-0.15, -0.1) is 0 Å². The Morgan fingerprint density at radius 2 is 1.52 bits per heavy atom. The maximum atomic E-state index is 6.38. The van der Waals surface area contributed by atoms with E-state index in [2.05, 4.69) is 47.4 Å². The summed E-state index contributed by atoms with van der Waals surface area (Å²) in [7, 11) is 0. The lowest BCUT2D eigenvalue weighted by molar-refractivity contribution is 0.162. The van der Waals surface area contributed by atoms with E-state index in [1.807, 2.05) is 12.1 Å². The van der Waals surface area contributed by atoms with Crippen LogP contribution in [0.25, 0.3) is 0 Å². The molecular weight excluding hydrogens is 278 g/mol. The van der Waals surface area contributed by atoms with E-state index in [4.69, 9.17) is 11.6 Å². The fourth-order valence-electron chi connectivity index (χ4n) is 3.24. The highest BCUT2D eigenvalue weighted by atomic mass is 35.5. The Morgan fingerprint density at radius 1 is 0.857 bits per heavy atom. The first-order chi connectivity index (χ1) is 10.3. The van der Waals surface area contributed by atoms with E-state index in [0.717, 1.165) is 11.4 Å². The monoisotopic (exact) mass is 299 g/mol. The highest BCUT2D eigenvalue weighted by Crippen LogP contribution is 2.30. The van der Waals surface area contributed by atoms with Gasteiger partial charge < -0.3 is 0 Å². The summed E-state index contributed by atoms with van der Waals surface area (Å²) >= 11 is 6.38. The van der Waals surface area contributed by atoms with Gasteiger partial charge in [-0.1, -0.05) is 66.6 Å². The van der Waals surface area contributed by atoms with Gasteiger partial charge in [0.1, 0.15) is 0 Å². The van der Waals surface area contributed by atoms with Crippen molar-refractivity contribution in [2.75, 3.05) is 13.1 Å². The van der Waals surface area contributed by atoms with Crippen LogP contribution in [0.5, 0.6) is 0 Å². The molecule has 1 saturated heterocycles. The molecule has 1 unspecified atom stereocenters. The second-order valence-electron chi connectivity index (χ2n) is 5.82. The maximum Gasteiger partial charge on any atom is 0.0438 e. The Labute approximate surface area is 132 Å². The van der Waals surface area contributed by atoms with E-state index < -0.39 is 0 Å². The minimum atomic E-state index is 0.436. The van der Waals surface area contributed by atoms with Gasteiger partial charge in [0.25, 0.3) is 0 Å². The Morgan fingerprint density at radius 3 is 2.24 bits per heavy atom. The van der Waals surface area contributed by atoms with Gasteiger partial charge in [-0.2, -0.15) is 0 Å².